The van der Waals surface area contributed by atoms with Crippen LogP contribution in [0.15, 0.2) is 0 Å². The van der Waals surface area contributed by atoms with Gasteiger partial charge in [-0.05, 0) is 24.7 Å². The first-order chi connectivity index (χ1) is 13.5. The van der Waals surface area contributed by atoms with Gasteiger partial charge in [0.1, 0.15) is 0 Å². The minimum absolute atomic E-state index is 0. The maximum absolute atomic E-state index is 11.0. The average molecular weight is 500 g/mol. The van der Waals surface area contributed by atoms with Crippen molar-refractivity contribution in [2.45, 2.75) is 79.1 Å². The van der Waals surface area contributed by atoms with E-state index >= 15 is 0 Å². The summed E-state index contributed by atoms with van der Waals surface area (Å²) in [5.41, 5.74) is 0. The number of hydrogen-bond acceptors (Lipinski definition) is 6. The van der Waals surface area contributed by atoms with Gasteiger partial charge in [-0.1, -0.05) is 66.2 Å². The SMILES string of the molecule is CCCCC(CC)COC(=O)[CH-]CS.CCCCC(CC)COC(=O)[CH-]CS.[Zn+2]. The minimum Gasteiger partial charge on any atom is -0.488 e. The maximum atomic E-state index is 11.0. The van der Waals surface area contributed by atoms with Gasteiger partial charge in [-0.15, -0.1) is 11.5 Å². The topological polar surface area (TPSA) is 52.6 Å². The van der Waals surface area contributed by atoms with Crippen LogP contribution in [0.2, 0.25) is 0 Å². The average Bonchev–Trinajstić information content (AvgIpc) is 2.69. The third-order valence-corrected chi connectivity index (χ3v) is 4.89. The van der Waals surface area contributed by atoms with Gasteiger partial charge in [0.05, 0.1) is 13.2 Å². The van der Waals surface area contributed by atoms with E-state index in [0.29, 0.717) is 36.6 Å². The summed E-state index contributed by atoms with van der Waals surface area (Å²) in [6.07, 6.45) is 12.2. The molecule has 2 atom stereocenters. The van der Waals surface area contributed by atoms with Crippen molar-refractivity contribution < 1.29 is 38.5 Å². The maximum Gasteiger partial charge on any atom is 2.00 e. The third kappa shape index (κ3) is 24.1. The van der Waals surface area contributed by atoms with Crippen molar-refractivity contribution in [2.24, 2.45) is 11.8 Å². The minimum atomic E-state index is -0.241. The standard InChI is InChI=1S/2C11H21O2S.Zn/c2*1-3-5-6-10(4-2)9-13-11(12)7-8-14;/h2*7,10,14H,3-6,8-9H2,1-2H3;/q2*-1;+2. The Kier molecular flexibility index (Phi) is 30.2. The van der Waals surface area contributed by atoms with E-state index in [1.165, 1.54) is 38.5 Å². The van der Waals surface area contributed by atoms with Crippen molar-refractivity contribution in [3.8, 4) is 0 Å². The quantitative estimate of drug-likeness (QED) is 0.123. The first-order valence-corrected chi connectivity index (χ1v) is 12.0. The zero-order valence-corrected chi connectivity index (χ0v) is 23.8. The van der Waals surface area contributed by atoms with E-state index in [1.54, 1.807) is 0 Å². The smallest absolute Gasteiger partial charge is 0.488 e. The summed E-state index contributed by atoms with van der Waals surface area (Å²) in [5.74, 6) is 1.46. The van der Waals surface area contributed by atoms with Crippen LogP contribution < -0.4 is 0 Å². The first-order valence-electron chi connectivity index (χ1n) is 10.7. The van der Waals surface area contributed by atoms with Gasteiger partial charge < -0.3 is 9.47 Å². The molecule has 0 fully saturated rings. The van der Waals surface area contributed by atoms with Gasteiger partial charge in [-0.2, -0.15) is 0 Å². The predicted octanol–water partition coefficient (Wildman–Crippen LogP) is 5.76. The molecular weight excluding hydrogens is 458 g/mol. The second-order valence-corrected chi connectivity index (χ2v) is 7.60. The number of carbonyl (C=O) groups is 2. The van der Waals surface area contributed by atoms with Crippen LogP contribution in [0.3, 0.4) is 0 Å². The number of ether oxygens (including phenoxy) is 2. The van der Waals surface area contributed by atoms with Gasteiger partial charge in [-0.3, -0.25) is 22.4 Å². The largest absolute Gasteiger partial charge is 2.00 e. The van der Waals surface area contributed by atoms with Crippen LogP contribution in [-0.4, -0.2) is 36.7 Å². The van der Waals surface area contributed by atoms with E-state index < -0.39 is 0 Å². The van der Waals surface area contributed by atoms with Crippen LogP contribution >= 0.6 is 25.3 Å². The Morgan fingerprint density at radius 2 is 1.10 bits per heavy atom. The van der Waals surface area contributed by atoms with E-state index in [0.717, 1.165) is 25.7 Å². The molecule has 2 unspecified atom stereocenters. The molecular formula is C22H42O4S2Zn. The van der Waals surface area contributed by atoms with Crippen LogP contribution in [-0.2, 0) is 38.5 Å². The summed E-state index contributed by atoms with van der Waals surface area (Å²) in [5, 5.41) is 0. The summed E-state index contributed by atoms with van der Waals surface area (Å²) in [6.45, 7) is 9.73. The predicted molar refractivity (Wildman–Crippen MR) is 125 cm³/mol. The Balaban J connectivity index is -0.000000451. The molecule has 0 radical (unpaired) electrons. The fourth-order valence-corrected chi connectivity index (χ4v) is 2.76. The van der Waals surface area contributed by atoms with E-state index in [2.05, 4.69) is 53.0 Å². The zero-order chi connectivity index (χ0) is 21.6. The number of esters is 2. The van der Waals surface area contributed by atoms with Crippen molar-refractivity contribution >= 4 is 37.2 Å². The molecule has 0 heterocycles. The summed E-state index contributed by atoms with van der Waals surface area (Å²) in [4.78, 5) is 22.0. The van der Waals surface area contributed by atoms with Gasteiger partial charge in [0.25, 0.3) is 0 Å². The molecule has 0 aromatic rings. The Morgan fingerprint density at radius 1 is 0.759 bits per heavy atom. The molecule has 0 rings (SSSR count). The molecule has 168 valence electrons. The van der Waals surface area contributed by atoms with Crippen molar-refractivity contribution in [1.82, 2.24) is 0 Å². The molecule has 0 bridgehead atoms. The first kappa shape index (κ1) is 33.6. The van der Waals surface area contributed by atoms with E-state index in [4.69, 9.17) is 9.47 Å². The second-order valence-electron chi connectivity index (χ2n) is 6.87. The molecule has 0 aliphatic rings. The van der Waals surface area contributed by atoms with Crippen LogP contribution in [0.25, 0.3) is 0 Å². The number of rotatable bonds is 16. The Labute approximate surface area is 203 Å². The van der Waals surface area contributed by atoms with Gasteiger partial charge in [0, 0.05) is 0 Å². The van der Waals surface area contributed by atoms with E-state index in [9.17, 15) is 9.59 Å². The van der Waals surface area contributed by atoms with Gasteiger partial charge in [0.2, 0.25) is 0 Å². The number of thiol groups is 2. The molecule has 0 aliphatic carbocycles. The molecule has 0 N–H and O–H groups in total. The van der Waals surface area contributed by atoms with Gasteiger partial charge >= 0.3 is 19.5 Å². The molecule has 0 aliphatic heterocycles. The Bertz CT molecular complexity index is 337. The molecule has 0 saturated carbocycles. The molecule has 0 amide bonds. The van der Waals surface area contributed by atoms with E-state index in [1.807, 2.05) is 0 Å². The van der Waals surface area contributed by atoms with Crippen molar-refractivity contribution in [3.63, 3.8) is 0 Å². The third-order valence-electron chi connectivity index (χ3n) is 4.53. The summed E-state index contributed by atoms with van der Waals surface area (Å²) in [6, 6.07) is 0. The molecule has 29 heavy (non-hydrogen) atoms. The van der Waals surface area contributed by atoms with Crippen LogP contribution in [0, 0.1) is 24.7 Å². The number of unbranched alkanes of at least 4 members (excludes halogenated alkanes) is 2. The van der Waals surface area contributed by atoms with Crippen LogP contribution in [0.5, 0.6) is 0 Å². The molecule has 0 spiro atoms. The molecule has 0 aromatic carbocycles. The van der Waals surface area contributed by atoms with Gasteiger partial charge in [-0.25, -0.2) is 25.3 Å². The monoisotopic (exact) mass is 498 g/mol. The fraction of sp³-hybridized carbons (Fsp3) is 0.818. The molecule has 4 nitrogen and oxygen atoms in total. The summed E-state index contributed by atoms with van der Waals surface area (Å²) >= 11 is 7.85. The summed E-state index contributed by atoms with van der Waals surface area (Å²) in [7, 11) is 0. The Hall–Kier alpha value is 0.00338. The van der Waals surface area contributed by atoms with Crippen molar-refractivity contribution in [1.29, 1.82) is 0 Å². The zero-order valence-electron chi connectivity index (χ0n) is 19.0. The fourth-order valence-electron chi connectivity index (χ4n) is 2.46. The molecule has 0 saturated heterocycles. The van der Waals surface area contributed by atoms with Gasteiger partial charge in [0.15, 0.2) is 11.9 Å². The number of hydrogen-bond donors (Lipinski definition) is 2. The second kappa shape index (κ2) is 26.0. The Morgan fingerprint density at radius 3 is 1.34 bits per heavy atom. The number of carbonyl (C=O) groups excluding carboxylic acids is 2. The van der Waals surface area contributed by atoms with Crippen LogP contribution in [0.1, 0.15) is 79.1 Å². The summed E-state index contributed by atoms with van der Waals surface area (Å²) < 4.78 is 10.2. The molecule has 7 heteroatoms. The van der Waals surface area contributed by atoms with E-state index in [-0.39, 0.29) is 31.4 Å². The molecule has 0 aromatic heterocycles. The van der Waals surface area contributed by atoms with Crippen molar-refractivity contribution in [2.75, 3.05) is 24.7 Å². The normalized spacial score (nSPS) is 11.8. The van der Waals surface area contributed by atoms with Crippen LogP contribution in [0.4, 0.5) is 0 Å². The van der Waals surface area contributed by atoms with Crippen molar-refractivity contribution in [3.05, 3.63) is 12.8 Å².